The third-order valence-electron chi connectivity index (χ3n) is 4.51. The van der Waals surface area contributed by atoms with Gasteiger partial charge < -0.3 is 5.32 Å². The molecule has 2 aromatic carbocycles. The van der Waals surface area contributed by atoms with E-state index < -0.39 is 10.8 Å². The molecule has 1 aliphatic carbocycles. The van der Waals surface area contributed by atoms with Crippen LogP contribution in [0.1, 0.15) is 41.3 Å². The van der Waals surface area contributed by atoms with E-state index in [4.69, 9.17) is 0 Å². The Labute approximate surface area is 161 Å². The number of benzene rings is 2. The lowest BCUT2D eigenvalue weighted by atomic mass is 10.1. The van der Waals surface area contributed by atoms with E-state index in [-0.39, 0.29) is 23.1 Å². The van der Waals surface area contributed by atoms with Crippen LogP contribution in [0.3, 0.4) is 0 Å². The summed E-state index contributed by atoms with van der Waals surface area (Å²) in [6.45, 7) is 3.34. The van der Waals surface area contributed by atoms with Crippen LogP contribution in [0.4, 0.5) is 11.4 Å². The molecule has 2 aromatic rings. The van der Waals surface area contributed by atoms with E-state index in [9.17, 15) is 19.7 Å². The van der Waals surface area contributed by atoms with Crippen LogP contribution in [0.25, 0.3) is 0 Å². The quantitative estimate of drug-likeness (QED) is 0.454. The topological polar surface area (TPSA) is 114 Å². The number of anilines is 1. The predicted octanol–water partition coefficient (Wildman–Crippen LogP) is 3.41. The molecular formula is C20H20N4O4. The minimum Gasteiger partial charge on any atom is -0.326 e. The van der Waals surface area contributed by atoms with Gasteiger partial charge in [0.05, 0.1) is 10.6 Å². The number of nitro groups is 1. The molecule has 1 saturated carbocycles. The third kappa shape index (κ3) is 4.59. The standard InChI is InChI=1S/C20H20N4O4/c1-12-3-4-16(11-18(12)24(27)28)20(26)23-22-13(2)14-7-9-17(10-8-14)21-19(25)15-5-6-15/h3-4,7-11,15H,5-6H2,1-2H3,(H,21,25)(H,23,26)/b22-13+. The highest BCUT2D eigenvalue weighted by molar-refractivity contribution is 6.01. The predicted molar refractivity (Wildman–Crippen MR) is 105 cm³/mol. The van der Waals surface area contributed by atoms with Crippen molar-refractivity contribution in [1.82, 2.24) is 5.43 Å². The first kappa shape index (κ1) is 19.2. The second-order valence-corrected chi connectivity index (χ2v) is 6.74. The Morgan fingerprint density at radius 2 is 1.75 bits per heavy atom. The van der Waals surface area contributed by atoms with Gasteiger partial charge in [-0.2, -0.15) is 5.10 Å². The van der Waals surface area contributed by atoms with Gasteiger partial charge in [-0.05, 0) is 50.5 Å². The van der Waals surface area contributed by atoms with Gasteiger partial charge in [0.25, 0.3) is 11.6 Å². The zero-order chi connectivity index (χ0) is 20.3. The van der Waals surface area contributed by atoms with E-state index in [2.05, 4.69) is 15.8 Å². The molecule has 1 aliphatic rings. The number of hydrogen-bond donors (Lipinski definition) is 2. The van der Waals surface area contributed by atoms with Crippen LogP contribution in [0.5, 0.6) is 0 Å². The molecule has 3 rings (SSSR count). The van der Waals surface area contributed by atoms with E-state index in [0.717, 1.165) is 18.4 Å². The summed E-state index contributed by atoms with van der Waals surface area (Å²) < 4.78 is 0. The summed E-state index contributed by atoms with van der Waals surface area (Å²) in [7, 11) is 0. The molecule has 8 heteroatoms. The van der Waals surface area contributed by atoms with Crippen molar-refractivity contribution in [3.8, 4) is 0 Å². The molecule has 0 unspecified atom stereocenters. The molecule has 0 aromatic heterocycles. The zero-order valence-electron chi connectivity index (χ0n) is 15.6. The number of hydrogen-bond acceptors (Lipinski definition) is 5. The summed E-state index contributed by atoms with van der Waals surface area (Å²) in [5, 5.41) is 17.9. The molecule has 2 N–H and O–H groups in total. The maximum atomic E-state index is 12.2. The molecule has 28 heavy (non-hydrogen) atoms. The molecule has 2 amide bonds. The normalized spacial score (nSPS) is 13.7. The number of carbonyl (C=O) groups is 2. The Kier molecular flexibility index (Phi) is 5.49. The van der Waals surface area contributed by atoms with Crippen LogP contribution < -0.4 is 10.7 Å². The maximum Gasteiger partial charge on any atom is 0.273 e. The lowest BCUT2D eigenvalue weighted by Crippen LogP contribution is -2.19. The number of amides is 2. The number of hydrazone groups is 1. The Morgan fingerprint density at radius 3 is 2.36 bits per heavy atom. The Morgan fingerprint density at radius 1 is 1.11 bits per heavy atom. The van der Waals surface area contributed by atoms with Gasteiger partial charge in [-0.25, -0.2) is 5.43 Å². The van der Waals surface area contributed by atoms with E-state index >= 15 is 0 Å². The first-order chi connectivity index (χ1) is 13.3. The fourth-order valence-corrected chi connectivity index (χ4v) is 2.60. The van der Waals surface area contributed by atoms with Gasteiger partial charge in [0.15, 0.2) is 0 Å². The first-order valence-electron chi connectivity index (χ1n) is 8.86. The van der Waals surface area contributed by atoms with Crippen LogP contribution in [-0.2, 0) is 4.79 Å². The van der Waals surface area contributed by atoms with Gasteiger partial charge >= 0.3 is 0 Å². The highest BCUT2D eigenvalue weighted by atomic mass is 16.6. The maximum absolute atomic E-state index is 12.2. The second-order valence-electron chi connectivity index (χ2n) is 6.74. The van der Waals surface area contributed by atoms with E-state index in [0.29, 0.717) is 17.0 Å². The molecule has 0 aliphatic heterocycles. The van der Waals surface area contributed by atoms with Crippen molar-refractivity contribution >= 4 is 28.9 Å². The van der Waals surface area contributed by atoms with Crippen molar-refractivity contribution in [3.05, 3.63) is 69.3 Å². The van der Waals surface area contributed by atoms with E-state index in [1.807, 2.05) is 0 Å². The van der Waals surface area contributed by atoms with Crippen molar-refractivity contribution in [2.24, 2.45) is 11.0 Å². The van der Waals surface area contributed by atoms with Gasteiger partial charge in [0, 0.05) is 28.8 Å². The van der Waals surface area contributed by atoms with Gasteiger partial charge in [-0.15, -0.1) is 0 Å². The molecule has 1 fully saturated rings. The van der Waals surface area contributed by atoms with Gasteiger partial charge in [0.2, 0.25) is 5.91 Å². The van der Waals surface area contributed by atoms with Crippen molar-refractivity contribution in [2.75, 3.05) is 5.32 Å². The molecule has 144 valence electrons. The Bertz CT molecular complexity index is 963. The van der Waals surface area contributed by atoms with Crippen LogP contribution in [0.15, 0.2) is 47.6 Å². The summed E-state index contributed by atoms with van der Waals surface area (Å²) in [5.41, 5.74) is 4.99. The smallest absolute Gasteiger partial charge is 0.273 e. The zero-order valence-corrected chi connectivity index (χ0v) is 15.6. The van der Waals surface area contributed by atoms with Gasteiger partial charge in [0.1, 0.15) is 0 Å². The van der Waals surface area contributed by atoms with Crippen molar-refractivity contribution in [1.29, 1.82) is 0 Å². The molecule has 8 nitrogen and oxygen atoms in total. The Balaban J connectivity index is 1.64. The molecule has 0 radical (unpaired) electrons. The minimum absolute atomic E-state index is 0.0394. The number of aryl methyl sites for hydroxylation is 1. The first-order valence-corrected chi connectivity index (χ1v) is 8.86. The minimum atomic E-state index is -0.532. The number of nitrogens with zero attached hydrogens (tertiary/aromatic N) is 2. The fourth-order valence-electron chi connectivity index (χ4n) is 2.60. The number of nitrogens with one attached hydrogen (secondary N) is 2. The van der Waals surface area contributed by atoms with Crippen LogP contribution >= 0.6 is 0 Å². The largest absolute Gasteiger partial charge is 0.326 e. The Hall–Kier alpha value is -3.55. The summed E-state index contributed by atoms with van der Waals surface area (Å²) in [6, 6.07) is 11.4. The molecule has 0 saturated heterocycles. The van der Waals surface area contributed by atoms with Crippen LogP contribution in [-0.4, -0.2) is 22.4 Å². The van der Waals surface area contributed by atoms with Crippen LogP contribution in [0.2, 0.25) is 0 Å². The van der Waals surface area contributed by atoms with Crippen LogP contribution in [0, 0.1) is 23.0 Å². The van der Waals surface area contributed by atoms with Crippen molar-refractivity contribution in [3.63, 3.8) is 0 Å². The average Bonchev–Trinajstić information content (AvgIpc) is 3.52. The highest BCUT2D eigenvalue weighted by Gasteiger charge is 2.29. The van der Waals surface area contributed by atoms with Crippen molar-refractivity contribution < 1.29 is 14.5 Å². The molecule has 0 bridgehead atoms. The summed E-state index contributed by atoms with van der Waals surface area (Å²) >= 11 is 0. The summed E-state index contributed by atoms with van der Waals surface area (Å²) in [4.78, 5) is 34.5. The van der Waals surface area contributed by atoms with E-state index in [1.54, 1.807) is 38.1 Å². The fraction of sp³-hybridized carbons (Fsp3) is 0.250. The van der Waals surface area contributed by atoms with Crippen molar-refractivity contribution in [2.45, 2.75) is 26.7 Å². The van der Waals surface area contributed by atoms with E-state index in [1.165, 1.54) is 18.2 Å². The molecular weight excluding hydrogens is 360 g/mol. The molecule has 0 heterocycles. The SMILES string of the molecule is C/C(=N\NC(=O)c1ccc(C)c([N+](=O)[O-])c1)c1ccc(NC(=O)C2CC2)cc1. The molecule has 0 spiro atoms. The number of carbonyl (C=O) groups excluding carboxylic acids is 2. The van der Waals surface area contributed by atoms with Gasteiger partial charge in [-0.3, -0.25) is 19.7 Å². The summed E-state index contributed by atoms with van der Waals surface area (Å²) in [5.74, 6) is -0.357. The summed E-state index contributed by atoms with van der Waals surface area (Å²) in [6.07, 6.45) is 1.89. The lowest BCUT2D eigenvalue weighted by molar-refractivity contribution is -0.385. The second kappa shape index (κ2) is 7.99. The average molecular weight is 380 g/mol. The lowest BCUT2D eigenvalue weighted by Gasteiger charge is -2.07. The van der Waals surface area contributed by atoms with Gasteiger partial charge in [-0.1, -0.05) is 18.2 Å². The monoisotopic (exact) mass is 380 g/mol. The number of nitro benzene ring substituents is 1. The molecule has 0 atom stereocenters. The highest BCUT2D eigenvalue weighted by Crippen LogP contribution is 2.30. The third-order valence-corrected chi connectivity index (χ3v) is 4.51. The number of rotatable bonds is 6.